The molecule has 3 aromatic rings. The van der Waals surface area contributed by atoms with Crippen molar-refractivity contribution in [3.63, 3.8) is 0 Å². The molecule has 0 radical (unpaired) electrons. The van der Waals surface area contributed by atoms with Crippen molar-refractivity contribution in [2.75, 3.05) is 19.7 Å². The molecule has 0 fully saturated rings. The summed E-state index contributed by atoms with van der Waals surface area (Å²) in [6, 6.07) is 18.0. The third-order valence-corrected chi connectivity index (χ3v) is 4.47. The van der Waals surface area contributed by atoms with E-state index in [1.165, 1.54) is 17.1 Å². The van der Waals surface area contributed by atoms with Gasteiger partial charge in [0.05, 0.1) is 11.1 Å². The molecule has 0 spiro atoms. The Morgan fingerprint density at radius 2 is 1.88 bits per heavy atom. The van der Waals surface area contributed by atoms with Gasteiger partial charge in [-0.3, -0.25) is 0 Å². The van der Waals surface area contributed by atoms with Crippen molar-refractivity contribution < 1.29 is 9.84 Å². The number of hydrogen-bond donors (Lipinski definition) is 2. The Kier molecular flexibility index (Phi) is 6.50. The minimum Gasteiger partial charge on any atom is -0.491 e. The topological polar surface area (TPSA) is 67.3 Å². The highest BCUT2D eigenvalue weighted by Crippen LogP contribution is 2.24. The van der Waals surface area contributed by atoms with Crippen LogP contribution < -0.4 is 10.1 Å². The van der Waals surface area contributed by atoms with Gasteiger partial charge in [0.2, 0.25) is 0 Å². The number of nitrogens with zero attached hydrogens (tertiary/aromatic N) is 2. The van der Waals surface area contributed by atoms with Crippen LogP contribution in [0.3, 0.4) is 0 Å². The molecule has 5 nitrogen and oxygen atoms in total. The van der Waals surface area contributed by atoms with E-state index in [1.807, 2.05) is 42.5 Å². The molecule has 1 atom stereocenters. The van der Waals surface area contributed by atoms with Crippen LogP contribution in [0.2, 0.25) is 0 Å². The number of benzene rings is 2. The van der Waals surface area contributed by atoms with E-state index in [-0.39, 0.29) is 6.61 Å². The summed E-state index contributed by atoms with van der Waals surface area (Å²) in [6.07, 6.45) is 2.15. The van der Waals surface area contributed by atoms with Gasteiger partial charge in [-0.05, 0) is 59.9 Å². The predicted octanol–water partition coefficient (Wildman–Crippen LogP) is 2.78. The number of aromatic nitrogens is 2. The SMILES string of the molecule is OC(CNCCc1ccccc1)COc1ccc(-c2cnns2)cc1. The summed E-state index contributed by atoms with van der Waals surface area (Å²) in [5.41, 5.74) is 2.35. The van der Waals surface area contributed by atoms with Crippen LogP contribution in [0.4, 0.5) is 0 Å². The van der Waals surface area contributed by atoms with Crippen LogP contribution in [-0.2, 0) is 6.42 Å². The van der Waals surface area contributed by atoms with Gasteiger partial charge in [-0.2, -0.15) is 0 Å². The number of ether oxygens (including phenoxy) is 1. The summed E-state index contributed by atoms with van der Waals surface area (Å²) in [4.78, 5) is 1.02. The number of hydrogen-bond acceptors (Lipinski definition) is 6. The monoisotopic (exact) mass is 355 g/mol. The molecule has 0 amide bonds. The van der Waals surface area contributed by atoms with Crippen LogP contribution in [0.1, 0.15) is 5.56 Å². The van der Waals surface area contributed by atoms with Crippen molar-refractivity contribution in [3.05, 3.63) is 66.4 Å². The second-order valence-corrected chi connectivity index (χ2v) is 6.50. The predicted molar refractivity (Wildman–Crippen MR) is 99.9 cm³/mol. The van der Waals surface area contributed by atoms with Gasteiger partial charge in [0, 0.05) is 6.54 Å². The molecule has 6 heteroatoms. The zero-order chi connectivity index (χ0) is 17.3. The van der Waals surface area contributed by atoms with E-state index in [2.05, 4.69) is 27.0 Å². The summed E-state index contributed by atoms with van der Waals surface area (Å²) in [7, 11) is 0. The van der Waals surface area contributed by atoms with E-state index < -0.39 is 6.10 Å². The molecule has 0 saturated carbocycles. The molecule has 1 aromatic heterocycles. The van der Waals surface area contributed by atoms with Gasteiger partial charge < -0.3 is 15.2 Å². The minimum absolute atomic E-state index is 0.264. The van der Waals surface area contributed by atoms with E-state index in [9.17, 15) is 5.11 Å². The van der Waals surface area contributed by atoms with Crippen molar-refractivity contribution in [3.8, 4) is 16.2 Å². The summed E-state index contributed by atoms with van der Waals surface area (Å²) < 4.78 is 9.49. The molecule has 0 aliphatic heterocycles. The number of aliphatic hydroxyl groups excluding tert-OH is 1. The molecule has 1 heterocycles. The fraction of sp³-hybridized carbons (Fsp3) is 0.263. The van der Waals surface area contributed by atoms with Gasteiger partial charge in [-0.1, -0.05) is 34.8 Å². The Labute approximate surface area is 151 Å². The molecule has 0 bridgehead atoms. The van der Waals surface area contributed by atoms with Crippen molar-refractivity contribution in [1.29, 1.82) is 0 Å². The lowest BCUT2D eigenvalue weighted by Crippen LogP contribution is -2.32. The van der Waals surface area contributed by atoms with Gasteiger partial charge in [0.15, 0.2) is 0 Å². The highest BCUT2D eigenvalue weighted by Gasteiger charge is 2.06. The first-order valence-electron chi connectivity index (χ1n) is 8.24. The van der Waals surface area contributed by atoms with Gasteiger partial charge in [-0.15, -0.1) is 5.10 Å². The van der Waals surface area contributed by atoms with Crippen molar-refractivity contribution in [2.24, 2.45) is 0 Å². The quantitative estimate of drug-likeness (QED) is 0.578. The van der Waals surface area contributed by atoms with Gasteiger partial charge in [0.25, 0.3) is 0 Å². The molecule has 2 aromatic carbocycles. The highest BCUT2D eigenvalue weighted by molar-refractivity contribution is 7.09. The zero-order valence-corrected chi connectivity index (χ0v) is 14.7. The average molecular weight is 355 g/mol. The smallest absolute Gasteiger partial charge is 0.119 e. The Morgan fingerprint density at radius 3 is 2.60 bits per heavy atom. The lowest BCUT2D eigenvalue weighted by atomic mass is 10.1. The summed E-state index contributed by atoms with van der Waals surface area (Å²) in [5.74, 6) is 0.740. The largest absolute Gasteiger partial charge is 0.491 e. The first kappa shape index (κ1) is 17.5. The molecule has 0 saturated heterocycles. The van der Waals surface area contributed by atoms with Crippen LogP contribution in [0.5, 0.6) is 5.75 Å². The van der Waals surface area contributed by atoms with Crippen LogP contribution in [0.15, 0.2) is 60.8 Å². The maximum Gasteiger partial charge on any atom is 0.119 e. The minimum atomic E-state index is -0.541. The molecule has 0 aliphatic rings. The van der Waals surface area contributed by atoms with E-state index in [0.29, 0.717) is 6.54 Å². The first-order valence-corrected chi connectivity index (χ1v) is 9.02. The molecule has 2 N–H and O–H groups in total. The number of aliphatic hydroxyl groups is 1. The maximum absolute atomic E-state index is 10.0. The molecule has 3 rings (SSSR count). The van der Waals surface area contributed by atoms with Crippen LogP contribution in [0, 0.1) is 0 Å². The molecule has 1 unspecified atom stereocenters. The average Bonchev–Trinajstić information content (AvgIpc) is 3.20. The van der Waals surface area contributed by atoms with E-state index in [4.69, 9.17) is 4.74 Å². The summed E-state index contributed by atoms with van der Waals surface area (Å²) in [5, 5.41) is 17.1. The molecule has 130 valence electrons. The Bertz CT molecular complexity index is 733. The number of rotatable bonds is 9. The Morgan fingerprint density at radius 1 is 1.08 bits per heavy atom. The zero-order valence-electron chi connectivity index (χ0n) is 13.8. The first-order chi connectivity index (χ1) is 12.3. The fourth-order valence-electron chi connectivity index (χ4n) is 2.41. The third kappa shape index (κ3) is 5.63. The van der Waals surface area contributed by atoms with Gasteiger partial charge in [0.1, 0.15) is 18.5 Å². The van der Waals surface area contributed by atoms with Crippen molar-refractivity contribution in [1.82, 2.24) is 14.9 Å². The Balaban J connectivity index is 1.35. The lowest BCUT2D eigenvalue weighted by molar-refractivity contribution is 0.106. The summed E-state index contributed by atoms with van der Waals surface area (Å²) >= 11 is 1.36. The normalized spacial score (nSPS) is 12.0. The molecular weight excluding hydrogens is 334 g/mol. The lowest BCUT2D eigenvalue weighted by Gasteiger charge is -2.13. The molecular formula is C19H21N3O2S. The number of nitrogens with one attached hydrogen (secondary N) is 1. The van der Waals surface area contributed by atoms with Crippen molar-refractivity contribution in [2.45, 2.75) is 12.5 Å². The fourth-order valence-corrected chi connectivity index (χ4v) is 2.93. The third-order valence-electron chi connectivity index (χ3n) is 3.76. The van der Waals surface area contributed by atoms with Crippen LogP contribution in [-0.4, -0.2) is 40.5 Å². The van der Waals surface area contributed by atoms with Gasteiger partial charge in [-0.25, -0.2) is 0 Å². The van der Waals surface area contributed by atoms with E-state index >= 15 is 0 Å². The molecule has 25 heavy (non-hydrogen) atoms. The van der Waals surface area contributed by atoms with Crippen LogP contribution in [0.25, 0.3) is 10.4 Å². The van der Waals surface area contributed by atoms with Crippen molar-refractivity contribution >= 4 is 11.5 Å². The highest BCUT2D eigenvalue weighted by atomic mass is 32.1. The second kappa shape index (κ2) is 9.27. The van der Waals surface area contributed by atoms with Crippen LogP contribution >= 0.6 is 11.5 Å². The standard InChI is InChI=1S/C19H21N3O2S/c23-17(12-20-11-10-15-4-2-1-3-5-15)14-24-18-8-6-16(7-9-18)19-13-21-22-25-19/h1-9,13,17,20,23H,10-12,14H2. The Hall–Kier alpha value is -2.28. The van der Waals surface area contributed by atoms with E-state index in [0.717, 1.165) is 29.2 Å². The van der Waals surface area contributed by atoms with Gasteiger partial charge >= 0.3 is 0 Å². The second-order valence-electron chi connectivity index (χ2n) is 5.71. The molecule has 0 aliphatic carbocycles. The maximum atomic E-state index is 10.0. The summed E-state index contributed by atoms with van der Waals surface area (Å²) in [6.45, 7) is 1.61. The van der Waals surface area contributed by atoms with E-state index in [1.54, 1.807) is 6.20 Å².